The largest absolute Gasteiger partial charge is 0.329 e. The molecule has 0 bridgehead atoms. The van der Waals surface area contributed by atoms with E-state index in [0.717, 1.165) is 11.0 Å². The molecule has 0 aliphatic rings. The first-order valence-corrected chi connectivity index (χ1v) is 6.52. The molecule has 0 saturated heterocycles. The Bertz CT molecular complexity index is 835. The average Bonchev–Trinajstić information content (AvgIpc) is 2.71. The third kappa shape index (κ3) is 1.97. The fourth-order valence-corrected chi connectivity index (χ4v) is 2.59. The second-order valence-electron chi connectivity index (χ2n) is 4.33. The predicted molar refractivity (Wildman–Crippen MR) is 78.2 cm³/mol. The fourth-order valence-electron chi connectivity index (χ4n) is 2.07. The average molecular weight is 293 g/mol. The molecule has 1 N–H and O–H groups in total. The molecule has 2 aromatic carbocycles. The van der Waals surface area contributed by atoms with Crippen molar-refractivity contribution in [3.63, 3.8) is 0 Å². The molecular weight excluding hydrogens is 283 g/mol. The van der Waals surface area contributed by atoms with Crippen LogP contribution in [0.1, 0.15) is 5.56 Å². The van der Waals surface area contributed by atoms with Crippen molar-refractivity contribution in [1.29, 1.82) is 0 Å². The van der Waals surface area contributed by atoms with E-state index >= 15 is 0 Å². The summed E-state index contributed by atoms with van der Waals surface area (Å²) in [5.41, 5.74) is 2.88. The SMILES string of the molecule is Cc1ccc(-n2c(=S)[nH]c3c(Cl)cccc32)cc1F. The molecule has 3 aromatic rings. The van der Waals surface area contributed by atoms with Crippen molar-refractivity contribution >= 4 is 34.9 Å². The van der Waals surface area contributed by atoms with Crippen molar-refractivity contribution in [3.8, 4) is 5.69 Å². The molecule has 0 radical (unpaired) electrons. The molecule has 0 amide bonds. The van der Waals surface area contributed by atoms with Crippen LogP contribution in [-0.2, 0) is 0 Å². The second-order valence-corrected chi connectivity index (χ2v) is 5.13. The molecule has 3 rings (SSSR count). The first-order chi connectivity index (χ1) is 9.08. The number of rotatable bonds is 1. The van der Waals surface area contributed by atoms with Crippen LogP contribution in [0.25, 0.3) is 16.7 Å². The lowest BCUT2D eigenvalue weighted by Gasteiger charge is -2.06. The molecule has 0 spiro atoms. The van der Waals surface area contributed by atoms with E-state index in [0.29, 0.717) is 21.0 Å². The Morgan fingerprint density at radius 1 is 1.26 bits per heavy atom. The standard InChI is InChI=1S/C14H10ClFN2S/c1-8-5-6-9(7-11(8)16)18-12-4-2-3-10(15)13(12)17-14(18)19/h2-7H,1H3,(H,17,19). The second kappa shape index (κ2) is 4.47. The fraction of sp³-hybridized carbons (Fsp3) is 0.0714. The summed E-state index contributed by atoms with van der Waals surface area (Å²) in [7, 11) is 0. The Labute approximate surface area is 119 Å². The van der Waals surface area contributed by atoms with E-state index in [1.54, 1.807) is 23.6 Å². The number of imidazole rings is 1. The van der Waals surface area contributed by atoms with Gasteiger partial charge in [0.25, 0.3) is 0 Å². The maximum absolute atomic E-state index is 13.7. The molecule has 0 aliphatic carbocycles. The summed E-state index contributed by atoms with van der Waals surface area (Å²) in [6.45, 7) is 1.73. The molecule has 1 heterocycles. The number of aromatic nitrogens is 2. The smallest absolute Gasteiger partial charge is 0.182 e. The van der Waals surface area contributed by atoms with Gasteiger partial charge in [-0.05, 0) is 49.0 Å². The summed E-state index contributed by atoms with van der Waals surface area (Å²) in [4.78, 5) is 3.05. The highest BCUT2D eigenvalue weighted by Crippen LogP contribution is 2.26. The topological polar surface area (TPSA) is 20.7 Å². The zero-order valence-corrected chi connectivity index (χ0v) is 11.6. The number of H-pyrrole nitrogens is 1. The predicted octanol–water partition coefficient (Wildman–Crippen LogP) is 4.79. The zero-order valence-electron chi connectivity index (χ0n) is 10.1. The van der Waals surface area contributed by atoms with Crippen LogP contribution in [0.5, 0.6) is 0 Å². The van der Waals surface area contributed by atoms with Gasteiger partial charge < -0.3 is 4.98 Å². The van der Waals surface area contributed by atoms with Crippen LogP contribution in [0, 0.1) is 17.5 Å². The van der Waals surface area contributed by atoms with Crippen molar-refractivity contribution < 1.29 is 4.39 Å². The highest BCUT2D eigenvalue weighted by molar-refractivity contribution is 7.71. The molecule has 0 unspecified atom stereocenters. The zero-order chi connectivity index (χ0) is 13.6. The number of benzene rings is 2. The first kappa shape index (κ1) is 12.4. The summed E-state index contributed by atoms with van der Waals surface area (Å²) >= 11 is 11.4. The Hall–Kier alpha value is -1.65. The normalized spacial score (nSPS) is 11.1. The van der Waals surface area contributed by atoms with Crippen LogP contribution in [0.3, 0.4) is 0 Å². The van der Waals surface area contributed by atoms with Gasteiger partial charge in [0.2, 0.25) is 0 Å². The number of aryl methyl sites for hydroxylation is 1. The maximum atomic E-state index is 13.7. The molecule has 5 heteroatoms. The Kier molecular flexibility index (Phi) is 2.92. The Morgan fingerprint density at radius 2 is 2.05 bits per heavy atom. The van der Waals surface area contributed by atoms with Crippen LogP contribution in [0.4, 0.5) is 4.39 Å². The molecule has 96 valence electrons. The summed E-state index contributed by atoms with van der Waals surface area (Å²) in [5, 5.41) is 0.593. The summed E-state index contributed by atoms with van der Waals surface area (Å²) in [6, 6.07) is 10.6. The first-order valence-electron chi connectivity index (χ1n) is 5.73. The number of halogens is 2. The number of para-hydroxylation sites is 1. The molecule has 0 saturated carbocycles. The summed E-state index contributed by atoms with van der Waals surface area (Å²) < 4.78 is 16.0. The number of nitrogens with zero attached hydrogens (tertiary/aromatic N) is 1. The number of aromatic amines is 1. The van der Waals surface area contributed by atoms with Gasteiger partial charge in [-0.3, -0.25) is 4.57 Å². The molecule has 0 fully saturated rings. The summed E-state index contributed by atoms with van der Waals surface area (Å²) in [6.07, 6.45) is 0. The molecular formula is C14H10ClFN2S. The van der Waals surface area contributed by atoms with Crippen molar-refractivity contribution in [3.05, 3.63) is 57.6 Å². The van der Waals surface area contributed by atoms with Gasteiger partial charge in [-0.25, -0.2) is 4.39 Å². The third-order valence-electron chi connectivity index (χ3n) is 3.08. The van der Waals surface area contributed by atoms with E-state index in [9.17, 15) is 4.39 Å². The van der Waals surface area contributed by atoms with Crippen LogP contribution >= 0.6 is 23.8 Å². The van der Waals surface area contributed by atoms with Crippen molar-refractivity contribution in [1.82, 2.24) is 9.55 Å². The minimum Gasteiger partial charge on any atom is -0.329 e. The van der Waals surface area contributed by atoms with Crippen molar-refractivity contribution in [2.24, 2.45) is 0 Å². The van der Waals surface area contributed by atoms with Gasteiger partial charge in [0, 0.05) is 0 Å². The lowest BCUT2D eigenvalue weighted by molar-refractivity contribution is 0.617. The minimum absolute atomic E-state index is 0.254. The lowest BCUT2D eigenvalue weighted by Crippen LogP contribution is -1.95. The van der Waals surface area contributed by atoms with Crippen LogP contribution in [-0.4, -0.2) is 9.55 Å². The van der Waals surface area contributed by atoms with Crippen LogP contribution < -0.4 is 0 Å². The number of hydrogen-bond donors (Lipinski definition) is 1. The number of nitrogens with one attached hydrogen (secondary N) is 1. The van der Waals surface area contributed by atoms with Crippen LogP contribution in [0.2, 0.25) is 5.02 Å². The maximum Gasteiger partial charge on any atom is 0.182 e. The van der Waals surface area contributed by atoms with E-state index in [1.807, 2.05) is 18.2 Å². The monoisotopic (exact) mass is 292 g/mol. The summed E-state index contributed by atoms with van der Waals surface area (Å²) in [5.74, 6) is -0.254. The molecule has 19 heavy (non-hydrogen) atoms. The molecule has 1 aromatic heterocycles. The van der Waals surface area contributed by atoms with E-state index in [2.05, 4.69) is 4.98 Å². The Morgan fingerprint density at radius 3 is 2.79 bits per heavy atom. The highest BCUT2D eigenvalue weighted by atomic mass is 35.5. The molecule has 2 nitrogen and oxygen atoms in total. The number of hydrogen-bond acceptors (Lipinski definition) is 1. The van der Waals surface area contributed by atoms with E-state index in [4.69, 9.17) is 23.8 Å². The quantitative estimate of drug-likeness (QED) is 0.640. The third-order valence-corrected chi connectivity index (χ3v) is 3.68. The van der Waals surface area contributed by atoms with Gasteiger partial charge in [-0.1, -0.05) is 23.7 Å². The van der Waals surface area contributed by atoms with E-state index < -0.39 is 0 Å². The molecule has 0 atom stereocenters. The minimum atomic E-state index is -0.254. The Balaban J connectivity index is 2.36. The van der Waals surface area contributed by atoms with Gasteiger partial charge in [-0.2, -0.15) is 0 Å². The van der Waals surface area contributed by atoms with Crippen molar-refractivity contribution in [2.75, 3.05) is 0 Å². The molecule has 0 aliphatic heterocycles. The number of fused-ring (bicyclic) bond motifs is 1. The van der Waals surface area contributed by atoms with E-state index in [1.165, 1.54) is 6.07 Å². The van der Waals surface area contributed by atoms with Gasteiger partial charge in [0.15, 0.2) is 4.77 Å². The lowest BCUT2D eigenvalue weighted by atomic mass is 10.2. The van der Waals surface area contributed by atoms with Crippen LogP contribution in [0.15, 0.2) is 36.4 Å². The van der Waals surface area contributed by atoms with Gasteiger partial charge in [0.05, 0.1) is 21.7 Å². The van der Waals surface area contributed by atoms with Gasteiger partial charge in [-0.15, -0.1) is 0 Å². The van der Waals surface area contributed by atoms with E-state index in [-0.39, 0.29) is 5.82 Å². The van der Waals surface area contributed by atoms with Gasteiger partial charge >= 0.3 is 0 Å². The van der Waals surface area contributed by atoms with Gasteiger partial charge in [0.1, 0.15) is 5.82 Å². The highest BCUT2D eigenvalue weighted by Gasteiger charge is 2.10. The van der Waals surface area contributed by atoms with Crippen molar-refractivity contribution in [2.45, 2.75) is 6.92 Å².